The fourth-order valence-electron chi connectivity index (χ4n) is 2.67. The number of hydrogen-bond acceptors (Lipinski definition) is 2. The molecule has 136 valence electrons. The lowest BCUT2D eigenvalue weighted by Crippen LogP contribution is -2.33. The average Bonchev–Trinajstić information content (AvgIpc) is 2.96. The van der Waals surface area contributed by atoms with Crippen molar-refractivity contribution < 1.29 is 8.78 Å². The number of rotatable bonds is 6. The van der Waals surface area contributed by atoms with Crippen LogP contribution in [0.25, 0.3) is 0 Å². The zero-order chi connectivity index (χ0) is 16.8. The van der Waals surface area contributed by atoms with Gasteiger partial charge in [-0.25, -0.2) is 8.78 Å². The molecule has 1 heterocycles. The summed E-state index contributed by atoms with van der Waals surface area (Å²) in [7, 11) is 0. The van der Waals surface area contributed by atoms with E-state index in [1.807, 2.05) is 0 Å². The molecule has 0 bridgehead atoms. The van der Waals surface area contributed by atoms with Crippen molar-refractivity contribution in [1.82, 2.24) is 5.32 Å². The van der Waals surface area contributed by atoms with Crippen molar-refractivity contribution >= 4 is 35.6 Å². The third-order valence-electron chi connectivity index (χ3n) is 4.10. The minimum Gasteiger partial charge on any atom is -0.371 e. The summed E-state index contributed by atoms with van der Waals surface area (Å²) in [6.07, 6.45) is 2.03. The molecule has 7 heteroatoms. The molecule has 0 aromatic heterocycles. The van der Waals surface area contributed by atoms with Gasteiger partial charge in [0.2, 0.25) is 0 Å². The van der Waals surface area contributed by atoms with Crippen molar-refractivity contribution in [1.29, 1.82) is 0 Å². The van der Waals surface area contributed by atoms with E-state index < -0.39 is 11.6 Å². The molecule has 0 saturated carbocycles. The van der Waals surface area contributed by atoms with Gasteiger partial charge in [-0.2, -0.15) is 0 Å². The monoisotopic (exact) mass is 452 g/mol. The summed E-state index contributed by atoms with van der Waals surface area (Å²) in [5.74, 6) is -0.114. The normalized spacial score (nSPS) is 18.0. The Hall–Kier alpha value is -1.12. The van der Waals surface area contributed by atoms with Gasteiger partial charge in [0, 0.05) is 37.9 Å². The molecule has 0 radical (unpaired) electrons. The van der Waals surface area contributed by atoms with Crippen LogP contribution in [0.15, 0.2) is 23.2 Å². The van der Waals surface area contributed by atoms with Crippen molar-refractivity contribution in [3.63, 3.8) is 0 Å². The van der Waals surface area contributed by atoms with Gasteiger partial charge in [-0.3, -0.25) is 4.99 Å². The Morgan fingerprint density at radius 3 is 2.79 bits per heavy atom. The first-order valence-electron chi connectivity index (χ1n) is 8.19. The molecule has 1 aliphatic rings. The van der Waals surface area contributed by atoms with Gasteiger partial charge < -0.3 is 16.0 Å². The number of anilines is 1. The number of nitrogens with one attached hydrogen (secondary N) is 1. The van der Waals surface area contributed by atoms with Crippen molar-refractivity contribution in [3.8, 4) is 0 Å². The minimum atomic E-state index is -0.811. The third-order valence-corrected chi connectivity index (χ3v) is 4.10. The first-order valence-corrected chi connectivity index (χ1v) is 8.19. The molecule has 1 unspecified atom stereocenters. The van der Waals surface area contributed by atoms with Crippen LogP contribution in [0.3, 0.4) is 0 Å². The first kappa shape index (κ1) is 20.9. The minimum absolute atomic E-state index is 0. The fraction of sp³-hybridized carbons (Fsp3) is 0.588. The van der Waals surface area contributed by atoms with Crippen LogP contribution in [0.2, 0.25) is 0 Å². The molecule has 1 saturated heterocycles. The molecule has 0 amide bonds. The van der Waals surface area contributed by atoms with Gasteiger partial charge in [-0.05, 0) is 36.8 Å². The third kappa shape index (κ3) is 6.41. The maximum absolute atomic E-state index is 13.3. The molecular formula is C17H27F2IN4. The Morgan fingerprint density at radius 1 is 1.38 bits per heavy atom. The van der Waals surface area contributed by atoms with Gasteiger partial charge in [-0.1, -0.05) is 13.8 Å². The first-order chi connectivity index (χ1) is 11.0. The molecule has 3 N–H and O–H groups in total. The molecule has 24 heavy (non-hydrogen) atoms. The van der Waals surface area contributed by atoms with E-state index in [0.29, 0.717) is 24.3 Å². The Balaban J connectivity index is 0.00000288. The number of nitrogens with two attached hydrogens (primary N) is 1. The van der Waals surface area contributed by atoms with E-state index in [9.17, 15) is 8.78 Å². The Bertz CT molecular complexity index is 551. The standard InChI is InChI=1S/C17H26F2N4.HI/c1-12(2)5-7-21-17(20)22-10-13-6-8-23(11-13)14-3-4-15(18)16(19)9-14;/h3-4,9,12-13H,5-8,10-11H2,1-2H3,(H3,20,21,22);1H. The van der Waals surface area contributed by atoms with Gasteiger partial charge in [0.15, 0.2) is 17.6 Å². The molecule has 1 atom stereocenters. The van der Waals surface area contributed by atoms with Crippen LogP contribution in [0, 0.1) is 23.5 Å². The lowest BCUT2D eigenvalue weighted by molar-refractivity contribution is 0.508. The second-order valence-electron chi connectivity index (χ2n) is 6.53. The Labute approximate surface area is 159 Å². The molecule has 4 nitrogen and oxygen atoms in total. The molecule has 0 spiro atoms. The maximum Gasteiger partial charge on any atom is 0.188 e. The van der Waals surface area contributed by atoms with E-state index in [4.69, 9.17) is 5.73 Å². The van der Waals surface area contributed by atoms with Crippen LogP contribution in [0.4, 0.5) is 14.5 Å². The van der Waals surface area contributed by atoms with Gasteiger partial charge in [-0.15, -0.1) is 24.0 Å². The lowest BCUT2D eigenvalue weighted by Gasteiger charge is -2.18. The van der Waals surface area contributed by atoms with Crippen molar-refractivity contribution in [2.75, 3.05) is 31.1 Å². The highest BCUT2D eigenvalue weighted by molar-refractivity contribution is 14.0. The Kier molecular flexibility index (Phi) is 8.72. The average molecular weight is 452 g/mol. The summed E-state index contributed by atoms with van der Waals surface area (Å²) in [4.78, 5) is 6.45. The molecule has 1 aromatic carbocycles. The number of halogens is 3. The highest BCUT2D eigenvalue weighted by atomic mass is 127. The van der Waals surface area contributed by atoms with Crippen molar-refractivity contribution in [2.45, 2.75) is 26.7 Å². The lowest BCUT2D eigenvalue weighted by atomic mass is 10.1. The van der Waals surface area contributed by atoms with Crippen LogP contribution in [-0.2, 0) is 0 Å². The number of guanidine groups is 1. The molecule has 2 rings (SSSR count). The molecular weight excluding hydrogens is 425 g/mol. The molecule has 1 aliphatic heterocycles. The Morgan fingerprint density at radius 2 is 2.12 bits per heavy atom. The van der Waals surface area contributed by atoms with E-state index in [1.165, 1.54) is 12.1 Å². The zero-order valence-corrected chi connectivity index (χ0v) is 16.6. The molecule has 0 aliphatic carbocycles. The van der Waals surface area contributed by atoms with Gasteiger partial charge in [0.25, 0.3) is 0 Å². The zero-order valence-electron chi connectivity index (χ0n) is 14.3. The highest BCUT2D eigenvalue weighted by Gasteiger charge is 2.23. The van der Waals surface area contributed by atoms with Crippen LogP contribution < -0.4 is 16.0 Å². The van der Waals surface area contributed by atoms with E-state index in [1.54, 1.807) is 6.07 Å². The van der Waals surface area contributed by atoms with E-state index in [2.05, 4.69) is 29.1 Å². The summed E-state index contributed by atoms with van der Waals surface area (Å²) in [5, 5.41) is 3.12. The number of nitrogens with zero attached hydrogens (tertiary/aromatic N) is 2. The van der Waals surface area contributed by atoms with Gasteiger partial charge in [0.1, 0.15) is 0 Å². The predicted molar refractivity (Wildman–Crippen MR) is 106 cm³/mol. The highest BCUT2D eigenvalue weighted by Crippen LogP contribution is 2.25. The molecule has 1 aromatic rings. The van der Waals surface area contributed by atoms with Crippen LogP contribution in [0.5, 0.6) is 0 Å². The maximum atomic E-state index is 13.3. The van der Waals surface area contributed by atoms with E-state index in [-0.39, 0.29) is 24.0 Å². The topological polar surface area (TPSA) is 53.6 Å². The number of benzene rings is 1. The van der Waals surface area contributed by atoms with Gasteiger partial charge in [0.05, 0.1) is 0 Å². The smallest absolute Gasteiger partial charge is 0.188 e. The van der Waals surface area contributed by atoms with Crippen molar-refractivity contribution in [2.24, 2.45) is 22.6 Å². The van der Waals surface area contributed by atoms with Crippen LogP contribution >= 0.6 is 24.0 Å². The predicted octanol–water partition coefficient (Wildman–Crippen LogP) is 3.36. The van der Waals surface area contributed by atoms with Crippen LogP contribution in [0.1, 0.15) is 26.7 Å². The summed E-state index contributed by atoms with van der Waals surface area (Å²) in [6.45, 7) is 7.43. The largest absolute Gasteiger partial charge is 0.371 e. The second-order valence-corrected chi connectivity index (χ2v) is 6.53. The SMILES string of the molecule is CC(C)CCNC(N)=NCC1CCN(c2ccc(F)c(F)c2)C1.I. The number of hydrogen-bond donors (Lipinski definition) is 2. The summed E-state index contributed by atoms with van der Waals surface area (Å²) in [5.41, 5.74) is 6.58. The van der Waals surface area contributed by atoms with Crippen LogP contribution in [-0.4, -0.2) is 32.1 Å². The van der Waals surface area contributed by atoms with E-state index in [0.717, 1.165) is 38.2 Å². The summed E-state index contributed by atoms with van der Waals surface area (Å²) >= 11 is 0. The van der Waals surface area contributed by atoms with Gasteiger partial charge >= 0.3 is 0 Å². The fourth-order valence-corrected chi connectivity index (χ4v) is 2.67. The number of aliphatic imine (C=N–C) groups is 1. The van der Waals surface area contributed by atoms with Crippen molar-refractivity contribution in [3.05, 3.63) is 29.8 Å². The summed E-state index contributed by atoms with van der Waals surface area (Å²) < 4.78 is 26.3. The second kappa shape index (κ2) is 10.0. The molecule has 1 fully saturated rings. The summed E-state index contributed by atoms with van der Waals surface area (Å²) in [6, 6.07) is 4.04. The quantitative estimate of drug-likeness (QED) is 0.396. The van der Waals surface area contributed by atoms with E-state index >= 15 is 0 Å².